The number of aromatic nitrogens is 3. The lowest BCUT2D eigenvalue weighted by atomic mass is 10.2. The predicted octanol–water partition coefficient (Wildman–Crippen LogP) is 1.51. The first-order chi connectivity index (χ1) is 13.3. The number of pyridine rings is 1. The summed E-state index contributed by atoms with van der Waals surface area (Å²) in [6, 6.07) is 9.33. The second kappa shape index (κ2) is 6.09. The minimum absolute atomic E-state index is 0.0452. The highest BCUT2D eigenvalue weighted by molar-refractivity contribution is 7.91. The van der Waals surface area contributed by atoms with Gasteiger partial charge in [0.15, 0.2) is 4.90 Å². The zero-order chi connectivity index (χ0) is 20.1. The van der Waals surface area contributed by atoms with Gasteiger partial charge in [-0.3, -0.25) is 24.7 Å². The van der Waals surface area contributed by atoms with Crippen LogP contribution >= 0.6 is 0 Å². The van der Waals surface area contributed by atoms with Crippen LogP contribution in [0.3, 0.4) is 0 Å². The summed E-state index contributed by atoms with van der Waals surface area (Å²) in [5.74, 6) is 0. The van der Waals surface area contributed by atoms with Crippen LogP contribution in [0.5, 0.6) is 0 Å². The standard InChI is InChI=1S/C17H10N4O6S/c22-16-17(23)20-13-8-15(14(21(24)25)7-12(13)19-16)28(26,27)10-3-4-11-9(6-10)2-1-5-18-11/h1-8H,(H,19,22)(H,20,23). The Labute approximate surface area is 155 Å². The summed E-state index contributed by atoms with van der Waals surface area (Å²) >= 11 is 0. The van der Waals surface area contributed by atoms with Gasteiger partial charge in [-0.05, 0) is 30.3 Å². The van der Waals surface area contributed by atoms with Crippen molar-refractivity contribution in [3.05, 3.63) is 79.5 Å². The van der Waals surface area contributed by atoms with E-state index in [0.717, 1.165) is 12.1 Å². The summed E-state index contributed by atoms with van der Waals surface area (Å²) in [6.45, 7) is 0. The van der Waals surface area contributed by atoms with E-state index >= 15 is 0 Å². The summed E-state index contributed by atoms with van der Waals surface area (Å²) in [4.78, 5) is 41.4. The summed E-state index contributed by atoms with van der Waals surface area (Å²) in [5.41, 5.74) is -2.26. The number of rotatable bonds is 3. The van der Waals surface area contributed by atoms with E-state index in [-0.39, 0.29) is 15.9 Å². The molecule has 0 spiro atoms. The number of benzene rings is 2. The van der Waals surface area contributed by atoms with E-state index in [0.29, 0.717) is 10.9 Å². The third-order valence-electron chi connectivity index (χ3n) is 4.17. The van der Waals surface area contributed by atoms with Crippen molar-refractivity contribution in [1.82, 2.24) is 15.0 Å². The Morgan fingerprint density at radius 3 is 2.32 bits per heavy atom. The number of sulfone groups is 1. The molecule has 0 aliphatic rings. The quantitative estimate of drug-likeness (QED) is 0.301. The molecule has 0 aliphatic heterocycles. The van der Waals surface area contributed by atoms with Crippen LogP contribution in [0.15, 0.2) is 68.0 Å². The van der Waals surface area contributed by atoms with Crippen molar-refractivity contribution in [2.75, 3.05) is 0 Å². The molecule has 0 aliphatic carbocycles. The van der Waals surface area contributed by atoms with Gasteiger partial charge in [0.25, 0.3) is 5.69 Å². The molecule has 0 saturated heterocycles. The highest BCUT2D eigenvalue weighted by Gasteiger charge is 2.29. The van der Waals surface area contributed by atoms with Gasteiger partial charge in [0, 0.05) is 17.6 Å². The number of H-pyrrole nitrogens is 2. The average Bonchev–Trinajstić information content (AvgIpc) is 2.67. The van der Waals surface area contributed by atoms with Gasteiger partial charge in [-0.15, -0.1) is 0 Å². The molecule has 0 bridgehead atoms. The first-order valence-corrected chi connectivity index (χ1v) is 9.30. The topological polar surface area (TPSA) is 156 Å². The summed E-state index contributed by atoms with van der Waals surface area (Å²) in [6.07, 6.45) is 1.56. The smallest absolute Gasteiger partial charge is 0.314 e. The molecule has 4 aromatic rings. The van der Waals surface area contributed by atoms with Crippen LogP contribution < -0.4 is 11.1 Å². The molecule has 28 heavy (non-hydrogen) atoms. The summed E-state index contributed by atoms with van der Waals surface area (Å²) in [7, 11) is -4.30. The first-order valence-electron chi connectivity index (χ1n) is 7.82. The normalized spacial score (nSPS) is 11.7. The van der Waals surface area contributed by atoms with Gasteiger partial charge >= 0.3 is 11.1 Å². The lowest BCUT2D eigenvalue weighted by molar-refractivity contribution is -0.387. The van der Waals surface area contributed by atoms with Crippen LogP contribution in [0.1, 0.15) is 0 Å². The lowest BCUT2D eigenvalue weighted by Gasteiger charge is -2.08. The second-order valence-electron chi connectivity index (χ2n) is 5.89. The minimum Gasteiger partial charge on any atom is -0.316 e. The van der Waals surface area contributed by atoms with Crippen LogP contribution in [0, 0.1) is 10.1 Å². The van der Waals surface area contributed by atoms with Crippen molar-refractivity contribution < 1.29 is 13.3 Å². The van der Waals surface area contributed by atoms with Crippen molar-refractivity contribution in [2.45, 2.75) is 9.79 Å². The van der Waals surface area contributed by atoms with Crippen LogP contribution in [0.2, 0.25) is 0 Å². The van der Waals surface area contributed by atoms with E-state index in [1.54, 1.807) is 18.3 Å². The van der Waals surface area contributed by atoms with E-state index in [2.05, 4.69) is 15.0 Å². The highest BCUT2D eigenvalue weighted by Crippen LogP contribution is 2.32. The van der Waals surface area contributed by atoms with E-state index in [4.69, 9.17) is 0 Å². The molecular weight excluding hydrogens is 388 g/mol. The number of nitro groups is 1. The third kappa shape index (κ3) is 2.74. The zero-order valence-electron chi connectivity index (χ0n) is 13.9. The maximum atomic E-state index is 13.1. The number of hydrogen-bond donors (Lipinski definition) is 2. The van der Waals surface area contributed by atoms with Gasteiger partial charge in [0.2, 0.25) is 9.84 Å². The van der Waals surface area contributed by atoms with Crippen LogP contribution in [-0.2, 0) is 9.84 Å². The SMILES string of the molecule is O=c1[nH]c2cc([N+](=O)[O-])c(S(=O)(=O)c3ccc4ncccc4c3)cc2[nH]c1=O. The number of hydrogen-bond acceptors (Lipinski definition) is 7. The van der Waals surface area contributed by atoms with Gasteiger partial charge in [0.1, 0.15) is 0 Å². The van der Waals surface area contributed by atoms with E-state index in [9.17, 15) is 28.1 Å². The fraction of sp³-hybridized carbons (Fsp3) is 0. The molecule has 2 N–H and O–H groups in total. The molecule has 4 rings (SSSR count). The average molecular weight is 398 g/mol. The first kappa shape index (κ1) is 17.5. The monoisotopic (exact) mass is 398 g/mol. The largest absolute Gasteiger partial charge is 0.316 e. The lowest BCUT2D eigenvalue weighted by Crippen LogP contribution is -2.29. The maximum Gasteiger partial charge on any atom is 0.314 e. The molecular formula is C17H10N4O6S. The van der Waals surface area contributed by atoms with Crippen molar-refractivity contribution in [3.8, 4) is 0 Å². The van der Waals surface area contributed by atoms with Crippen molar-refractivity contribution in [2.24, 2.45) is 0 Å². The van der Waals surface area contributed by atoms with Gasteiger partial charge < -0.3 is 9.97 Å². The highest BCUT2D eigenvalue weighted by atomic mass is 32.2. The predicted molar refractivity (Wildman–Crippen MR) is 99.0 cm³/mol. The molecule has 2 heterocycles. The molecule has 0 radical (unpaired) electrons. The fourth-order valence-corrected chi connectivity index (χ4v) is 4.30. The second-order valence-corrected chi connectivity index (χ2v) is 7.81. The zero-order valence-corrected chi connectivity index (χ0v) is 14.7. The van der Waals surface area contributed by atoms with Gasteiger partial charge in [0.05, 0.1) is 26.4 Å². The molecule has 10 nitrogen and oxygen atoms in total. The Balaban J connectivity index is 2.03. The molecule has 0 atom stereocenters. The van der Waals surface area contributed by atoms with Crippen molar-refractivity contribution >= 4 is 37.5 Å². The number of nitrogens with zero attached hydrogens (tertiary/aromatic N) is 2. The molecule has 0 saturated carbocycles. The number of nitrogens with one attached hydrogen (secondary N) is 2. The molecule has 2 aromatic carbocycles. The van der Waals surface area contributed by atoms with Crippen LogP contribution in [0.25, 0.3) is 21.9 Å². The Hall–Kier alpha value is -3.86. The molecule has 2 aromatic heterocycles. The minimum atomic E-state index is -4.30. The molecule has 140 valence electrons. The van der Waals surface area contributed by atoms with Crippen molar-refractivity contribution in [1.29, 1.82) is 0 Å². The maximum absolute atomic E-state index is 13.1. The fourth-order valence-electron chi connectivity index (χ4n) is 2.84. The van der Waals surface area contributed by atoms with Crippen LogP contribution in [0.4, 0.5) is 5.69 Å². The summed E-state index contributed by atoms with van der Waals surface area (Å²) < 4.78 is 26.2. The third-order valence-corrected chi connectivity index (χ3v) is 5.95. The van der Waals surface area contributed by atoms with Gasteiger partial charge in [-0.25, -0.2) is 8.42 Å². The van der Waals surface area contributed by atoms with Crippen molar-refractivity contribution in [3.63, 3.8) is 0 Å². The van der Waals surface area contributed by atoms with E-state index in [1.807, 2.05) is 0 Å². The van der Waals surface area contributed by atoms with Crippen LogP contribution in [-0.4, -0.2) is 28.3 Å². The molecule has 11 heteroatoms. The van der Waals surface area contributed by atoms with Gasteiger partial charge in [-0.2, -0.15) is 0 Å². The number of nitro benzene ring substituents is 1. The Morgan fingerprint density at radius 1 is 0.964 bits per heavy atom. The Kier molecular flexibility index (Phi) is 3.82. The number of fused-ring (bicyclic) bond motifs is 2. The van der Waals surface area contributed by atoms with E-state index in [1.165, 1.54) is 18.2 Å². The number of aromatic amines is 2. The van der Waals surface area contributed by atoms with Gasteiger partial charge in [-0.1, -0.05) is 6.07 Å². The Bertz CT molecular complexity index is 1500. The Morgan fingerprint density at radius 2 is 1.64 bits per heavy atom. The summed E-state index contributed by atoms with van der Waals surface area (Å²) in [5, 5.41) is 12.0. The molecule has 0 unspecified atom stereocenters. The van der Waals surface area contributed by atoms with E-state index < -0.39 is 36.5 Å². The molecule has 0 fully saturated rings. The molecule has 0 amide bonds.